The molecule has 37 heavy (non-hydrogen) atoms. The Hall–Kier alpha value is 0.0169. The van der Waals surface area contributed by atoms with Gasteiger partial charge in [0.25, 0.3) is 0 Å². The van der Waals surface area contributed by atoms with Crippen molar-refractivity contribution < 1.29 is 13.3 Å². The first-order valence-electron chi connectivity index (χ1n) is 16.3. The molecule has 0 aromatic heterocycles. The van der Waals surface area contributed by atoms with E-state index < -0.39 is 8.80 Å². The van der Waals surface area contributed by atoms with Crippen LogP contribution < -0.4 is 11.1 Å². The van der Waals surface area contributed by atoms with Gasteiger partial charge in [-0.2, -0.15) is 0 Å². The Kier molecular flexibility index (Phi) is 25.0. The van der Waals surface area contributed by atoms with E-state index in [0.717, 1.165) is 64.6 Å². The molecule has 0 aliphatic rings. The smallest absolute Gasteiger partial charge is 0.373 e. The van der Waals surface area contributed by atoms with Crippen LogP contribution in [0.25, 0.3) is 0 Å². The van der Waals surface area contributed by atoms with Crippen molar-refractivity contribution in [2.24, 2.45) is 29.4 Å². The molecule has 0 rings (SSSR count). The van der Waals surface area contributed by atoms with Gasteiger partial charge >= 0.3 is 8.80 Å². The Labute approximate surface area is 234 Å². The van der Waals surface area contributed by atoms with Gasteiger partial charge in [-0.3, -0.25) is 0 Å². The molecule has 0 spiro atoms. The molecule has 6 heteroatoms. The van der Waals surface area contributed by atoms with Crippen LogP contribution in [0.4, 0.5) is 0 Å². The summed E-state index contributed by atoms with van der Waals surface area (Å²) in [5, 5.41) is 3.55. The summed E-state index contributed by atoms with van der Waals surface area (Å²) in [6, 6.07) is 0.902. The molecule has 0 saturated heterocycles. The van der Waals surface area contributed by atoms with Gasteiger partial charge in [-0.15, -0.1) is 0 Å². The SMILES string of the molecule is CCCCC(CC)CO[Si](CC(CC)CNCCN)(OCC(CC)CCCC)OCC(CC)CCCC. The molecule has 0 fully saturated rings. The highest BCUT2D eigenvalue weighted by atomic mass is 28.4. The first-order chi connectivity index (χ1) is 18.0. The summed E-state index contributed by atoms with van der Waals surface area (Å²) in [7, 11) is -2.87. The second-order valence-corrected chi connectivity index (χ2v) is 14.0. The topological polar surface area (TPSA) is 65.7 Å². The molecule has 0 amide bonds. The van der Waals surface area contributed by atoms with Crippen molar-refractivity contribution in [3.05, 3.63) is 0 Å². The summed E-state index contributed by atoms with van der Waals surface area (Å²) in [4.78, 5) is 0. The van der Waals surface area contributed by atoms with E-state index in [-0.39, 0.29) is 0 Å². The van der Waals surface area contributed by atoms with E-state index in [1.54, 1.807) is 0 Å². The van der Waals surface area contributed by atoms with Crippen LogP contribution in [-0.4, -0.2) is 48.3 Å². The van der Waals surface area contributed by atoms with Crippen molar-refractivity contribution in [2.45, 2.75) is 138 Å². The zero-order valence-corrected chi connectivity index (χ0v) is 27.3. The molecule has 224 valence electrons. The number of hydrogen-bond donors (Lipinski definition) is 2. The van der Waals surface area contributed by atoms with Crippen molar-refractivity contribution in [3.63, 3.8) is 0 Å². The van der Waals surface area contributed by atoms with Gasteiger partial charge in [0.2, 0.25) is 0 Å². The van der Waals surface area contributed by atoms with Gasteiger partial charge in [-0.1, -0.05) is 113 Å². The molecule has 0 bridgehead atoms. The van der Waals surface area contributed by atoms with Crippen LogP contribution >= 0.6 is 0 Å². The minimum Gasteiger partial charge on any atom is -0.373 e. The predicted molar refractivity (Wildman–Crippen MR) is 164 cm³/mol. The number of unbranched alkanes of at least 4 members (excludes halogenated alkanes) is 3. The Bertz CT molecular complexity index is 433. The molecule has 4 atom stereocenters. The van der Waals surface area contributed by atoms with Crippen LogP contribution in [0.3, 0.4) is 0 Å². The molecule has 0 aromatic carbocycles. The number of nitrogens with one attached hydrogen (secondary N) is 1. The van der Waals surface area contributed by atoms with Crippen molar-refractivity contribution in [2.75, 3.05) is 39.5 Å². The standard InChI is InChI=1S/C31H68N2O3Si/c1-8-15-18-28(11-4)24-34-37(27-31(14-7)23-33-22-21-32,35-25-29(12-5)19-16-9-2)36-26-30(13-6)20-17-10-3/h28-31,33H,8-27,32H2,1-7H3. The zero-order valence-electron chi connectivity index (χ0n) is 26.3. The Morgan fingerprint density at radius 3 is 1.27 bits per heavy atom. The van der Waals surface area contributed by atoms with Gasteiger partial charge in [0.15, 0.2) is 0 Å². The van der Waals surface area contributed by atoms with E-state index in [9.17, 15) is 0 Å². The summed E-state index contributed by atoms with van der Waals surface area (Å²) in [5.74, 6) is 2.22. The largest absolute Gasteiger partial charge is 0.501 e. The van der Waals surface area contributed by atoms with E-state index >= 15 is 0 Å². The van der Waals surface area contributed by atoms with Gasteiger partial charge in [-0.05, 0) is 49.5 Å². The minimum absolute atomic E-state index is 0.473. The van der Waals surface area contributed by atoms with Crippen LogP contribution in [0.2, 0.25) is 6.04 Å². The van der Waals surface area contributed by atoms with E-state index in [2.05, 4.69) is 53.8 Å². The normalized spacial score (nSPS) is 16.9. The van der Waals surface area contributed by atoms with E-state index in [0.29, 0.717) is 30.2 Å². The summed E-state index contributed by atoms with van der Waals surface area (Å²) >= 11 is 0. The van der Waals surface area contributed by atoms with E-state index in [4.69, 9.17) is 19.0 Å². The summed E-state index contributed by atoms with van der Waals surface area (Å²) in [5.41, 5.74) is 5.76. The van der Waals surface area contributed by atoms with Gasteiger partial charge in [0.1, 0.15) is 0 Å². The predicted octanol–water partition coefficient (Wildman–Crippen LogP) is 8.20. The second kappa shape index (κ2) is 25.0. The van der Waals surface area contributed by atoms with Crippen LogP contribution in [0.15, 0.2) is 0 Å². The van der Waals surface area contributed by atoms with Crippen LogP contribution in [-0.2, 0) is 13.3 Å². The molecule has 0 radical (unpaired) electrons. The molecule has 5 nitrogen and oxygen atoms in total. The van der Waals surface area contributed by atoms with Gasteiger partial charge < -0.3 is 24.3 Å². The third-order valence-corrected chi connectivity index (χ3v) is 11.0. The fourth-order valence-corrected chi connectivity index (χ4v) is 8.07. The average Bonchev–Trinajstić information content (AvgIpc) is 2.92. The Balaban J connectivity index is 5.87. The minimum atomic E-state index is -2.87. The van der Waals surface area contributed by atoms with Crippen LogP contribution in [0.5, 0.6) is 0 Å². The Morgan fingerprint density at radius 2 is 0.973 bits per heavy atom. The molecule has 0 heterocycles. The maximum atomic E-state index is 6.96. The third kappa shape index (κ3) is 18.1. The summed E-state index contributed by atoms with van der Waals surface area (Å²) in [6.45, 7) is 20.8. The van der Waals surface area contributed by atoms with Gasteiger partial charge in [0, 0.05) is 39.0 Å². The lowest BCUT2D eigenvalue weighted by atomic mass is 10.0. The van der Waals surface area contributed by atoms with Crippen molar-refractivity contribution in [1.29, 1.82) is 0 Å². The van der Waals surface area contributed by atoms with Crippen LogP contribution in [0.1, 0.15) is 132 Å². The van der Waals surface area contributed by atoms with Crippen molar-refractivity contribution >= 4 is 8.80 Å². The molecular formula is C31H68N2O3Si. The maximum Gasteiger partial charge on any atom is 0.501 e. The molecular weight excluding hydrogens is 476 g/mol. The lowest BCUT2D eigenvalue weighted by Gasteiger charge is -2.36. The fourth-order valence-electron chi connectivity index (χ4n) is 4.85. The highest BCUT2D eigenvalue weighted by molar-refractivity contribution is 6.60. The first kappa shape index (κ1) is 37.0. The lowest BCUT2D eigenvalue weighted by Crippen LogP contribution is -2.51. The van der Waals surface area contributed by atoms with Crippen molar-refractivity contribution in [3.8, 4) is 0 Å². The highest BCUT2D eigenvalue weighted by Gasteiger charge is 2.44. The Morgan fingerprint density at radius 1 is 0.595 bits per heavy atom. The van der Waals surface area contributed by atoms with Gasteiger partial charge in [-0.25, -0.2) is 0 Å². The van der Waals surface area contributed by atoms with E-state index in [1.165, 1.54) is 57.8 Å². The molecule has 4 unspecified atom stereocenters. The lowest BCUT2D eigenvalue weighted by molar-refractivity contribution is 0.0211. The average molecular weight is 545 g/mol. The molecule has 0 saturated carbocycles. The number of rotatable bonds is 28. The molecule has 0 aromatic rings. The van der Waals surface area contributed by atoms with Crippen LogP contribution in [0, 0.1) is 23.7 Å². The first-order valence-corrected chi connectivity index (χ1v) is 18.2. The quantitative estimate of drug-likeness (QED) is 0.0767. The van der Waals surface area contributed by atoms with Crippen molar-refractivity contribution in [1.82, 2.24) is 5.32 Å². The maximum absolute atomic E-state index is 6.96. The summed E-state index contributed by atoms with van der Waals surface area (Å²) < 4.78 is 20.9. The number of hydrogen-bond acceptors (Lipinski definition) is 5. The molecule has 0 aliphatic heterocycles. The number of nitrogens with two attached hydrogens (primary N) is 1. The summed E-state index contributed by atoms with van der Waals surface area (Å²) in [6.07, 6.45) is 15.8. The highest BCUT2D eigenvalue weighted by Crippen LogP contribution is 2.29. The third-order valence-electron chi connectivity index (χ3n) is 8.12. The zero-order chi connectivity index (χ0) is 27.8. The fraction of sp³-hybridized carbons (Fsp3) is 1.00. The monoisotopic (exact) mass is 544 g/mol. The second-order valence-electron chi connectivity index (χ2n) is 11.3. The molecule has 0 aliphatic carbocycles. The van der Waals surface area contributed by atoms with Gasteiger partial charge in [0.05, 0.1) is 0 Å². The molecule has 3 N–H and O–H groups in total. The van der Waals surface area contributed by atoms with E-state index in [1.807, 2.05) is 0 Å².